The maximum Gasteiger partial charge on any atom is 0.128 e. The van der Waals surface area contributed by atoms with E-state index in [9.17, 15) is 0 Å². The molecule has 4 unspecified atom stereocenters. The first-order valence-electron chi connectivity index (χ1n) is 12.2. The van der Waals surface area contributed by atoms with Gasteiger partial charge in [0.15, 0.2) is 0 Å². The summed E-state index contributed by atoms with van der Waals surface area (Å²) in [5.41, 5.74) is -0.521. The summed E-state index contributed by atoms with van der Waals surface area (Å²) in [4.78, 5) is 0. The second-order valence-electron chi connectivity index (χ2n) is 14.3. The zero-order chi connectivity index (χ0) is 25.1. The monoisotopic (exact) mass is 446 g/mol. The highest BCUT2D eigenvalue weighted by atomic mass is 19.1. The van der Waals surface area contributed by atoms with E-state index in [1.165, 1.54) is 0 Å². The van der Waals surface area contributed by atoms with E-state index >= 15 is 8.78 Å². The number of alkyl halides is 2. The molecule has 0 aromatic carbocycles. The smallest absolute Gasteiger partial charge is 0.128 e. The first-order chi connectivity index (χ1) is 14.1. The van der Waals surface area contributed by atoms with E-state index in [1.807, 2.05) is 12.2 Å². The molecule has 2 rings (SSSR count). The van der Waals surface area contributed by atoms with Crippen LogP contribution in [0.5, 0.6) is 0 Å². The Labute approximate surface area is 197 Å². The molecule has 0 aliphatic heterocycles. The number of rotatable bonds is 2. The lowest BCUT2D eigenvalue weighted by molar-refractivity contribution is -0.0992. The van der Waals surface area contributed by atoms with E-state index in [0.29, 0.717) is 0 Å². The van der Waals surface area contributed by atoms with Crippen LogP contribution in [0.4, 0.5) is 8.78 Å². The molecular formula is C30H48F2. The maximum atomic E-state index is 16.3. The topological polar surface area (TPSA) is 0 Å². The molecule has 0 nitrogen and oxygen atoms in total. The lowest BCUT2D eigenvalue weighted by Gasteiger charge is -2.61. The van der Waals surface area contributed by atoms with Gasteiger partial charge >= 0.3 is 0 Å². The van der Waals surface area contributed by atoms with E-state index in [1.54, 1.807) is 12.2 Å². The SMILES string of the molecule is CC(C1(C(C)(C)C)C=C(C(C)(C)C)C=CC1F)C1(C(C)(C)C)C=C(C(C)(C)C)C=CC1F. The molecule has 4 atom stereocenters. The standard InChI is InChI=1S/C30H48F2/c1-20(29(27(8,9)10)18-21(25(2,3)4)14-16-23(29)31)30(28(11,12)13)19-22(26(5,6)7)15-17-24(30)32/h14-20,23-24H,1-13H3. The van der Waals surface area contributed by atoms with Crippen molar-refractivity contribution in [2.75, 3.05) is 0 Å². The Morgan fingerprint density at radius 1 is 0.625 bits per heavy atom. The highest BCUT2D eigenvalue weighted by molar-refractivity contribution is 5.41. The average molecular weight is 447 g/mol. The molecule has 182 valence electrons. The number of hydrogen-bond acceptors (Lipinski definition) is 0. The van der Waals surface area contributed by atoms with Crippen molar-refractivity contribution in [1.82, 2.24) is 0 Å². The van der Waals surface area contributed by atoms with Gasteiger partial charge in [-0.2, -0.15) is 0 Å². The third-order valence-electron chi connectivity index (χ3n) is 8.35. The summed E-state index contributed by atoms with van der Waals surface area (Å²) in [6.45, 7) is 27.8. The van der Waals surface area contributed by atoms with Crippen LogP contribution in [0.2, 0.25) is 0 Å². The molecule has 0 fully saturated rings. The molecule has 2 heteroatoms. The van der Waals surface area contributed by atoms with Gasteiger partial charge in [-0.1, -0.05) is 114 Å². The Balaban J connectivity index is 2.94. The summed E-state index contributed by atoms with van der Waals surface area (Å²) < 4.78 is 32.6. The zero-order valence-electron chi connectivity index (χ0n) is 23.0. The summed E-state index contributed by atoms with van der Waals surface area (Å²) in [7, 11) is 0. The predicted octanol–water partition coefficient (Wildman–Crippen LogP) is 9.45. The number of allylic oxidation sites excluding steroid dienone is 8. The van der Waals surface area contributed by atoms with Crippen molar-refractivity contribution in [3.8, 4) is 0 Å². The average Bonchev–Trinajstić information content (AvgIpc) is 2.57. The van der Waals surface area contributed by atoms with Crippen molar-refractivity contribution >= 4 is 0 Å². The maximum absolute atomic E-state index is 16.3. The minimum absolute atomic E-state index is 0.115. The lowest BCUT2D eigenvalue weighted by atomic mass is 9.43. The van der Waals surface area contributed by atoms with Crippen molar-refractivity contribution < 1.29 is 8.78 Å². The molecule has 0 heterocycles. The van der Waals surface area contributed by atoms with E-state index in [2.05, 4.69) is 102 Å². The van der Waals surface area contributed by atoms with Gasteiger partial charge in [-0.15, -0.1) is 0 Å². The molecule has 2 aliphatic rings. The van der Waals surface area contributed by atoms with Crippen LogP contribution in [0.25, 0.3) is 0 Å². The molecule has 32 heavy (non-hydrogen) atoms. The van der Waals surface area contributed by atoms with Gasteiger partial charge in [-0.25, -0.2) is 8.78 Å². The molecular weight excluding hydrogens is 398 g/mol. The molecule has 0 aromatic rings. The summed E-state index contributed by atoms with van der Waals surface area (Å²) >= 11 is 0. The molecule has 2 aliphatic carbocycles. The fourth-order valence-corrected chi connectivity index (χ4v) is 6.08. The van der Waals surface area contributed by atoms with Gasteiger partial charge in [0.25, 0.3) is 0 Å². The first kappa shape index (κ1) is 27.1. The molecule has 0 amide bonds. The third kappa shape index (κ3) is 4.21. The fraction of sp³-hybridized carbons (Fsp3) is 0.733. The van der Waals surface area contributed by atoms with Crippen LogP contribution in [0, 0.1) is 38.4 Å². The van der Waals surface area contributed by atoms with Crippen LogP contribution < -0.4 is 0 Å². The van der Waals surface area contributed by atoms with E-state index in [0.717, 1.165) is 11.1 Å². The predicted molar refractivity (Wildman–Crippen MR) is 136 cm³/mol. The highest BCUT2D eigenvalue weighted by Crippen LogP contribution is 2.65. The largest absolute Gasteiger partial charge is 0.242 e. The van der Waals surface area contributed by atoms with Crippen LogP contribution in [0.1, 0.15) is 90.0 Å². The van der Waals surface area contributed by atoms with Gasteiger partial charge in [-0.3, -0.25) is 0 Å². The van der Waals surface area contributed by atoms with Gasteiger partial charge in [-0.05, 0) is 50.9 Å². The second-order valence-corrected chi connectivity index (χ2v) is 14.3. The van der Waals surface area contributed by atoms with E-state index in [-0.39, 0.29) is 16.7 Å². The quantitative estimate of drug-likeness (QED) is 0.396. The minimum Gasteiger partial charge on any atom is -0.242 e. The fourth-order valence-electron chi connectivity index (χ4n) is 6.08. The van der Waals surface area contributed by atoms with Crippen molar-refractivity contribution in [3.63, 3.8) is 0 Å². The molecule has 0 N–H and O–H groups in total. The van der Waals surface area contributed by atoms with Gasteiger partial charge in [0.1, 0.15) is 12.3 Å². The second kappa shape index (κ2) is 7.95. The van der Waals surface area contributed by atoms with Crippen molar-refractivity contribution in [2.24, 2.45) is 38.4 Å². The van der Waals surface area contributed by atoms with Gasteiger partial charge in [0, 0.05) is 10.8 Å². The van der Waals surface area contributed by atoms with Crippen molar-refractivity contribution in [3.05, 3.63) is 47.6 Å². The molecule has 0 saturated carbocycles. The van der Waals surface area contributed by atoms with Crippen LogP contribution >= 0.6 is 0 Å². The summed E-state index contributed by atoms with van der Waals surface area (Å²) in [5.74, 6) is -0.287. The van der Waals surface area contributed by atoms with Gasteiger partial charge < -0.3 is 0 Å². The highest BCUT2D eigenvalue weighted by Gasteiger charge is 2.63. The van der Waals surface area contributed by atoms with Gasteiger partial charge in [0.05, 0.1) is 0 Å². The Morgan fingerprint density at radius 3 is 1.12 bits per heavy atom. The van der Waals surface area contributed by atoms with Crippen LogP contribution in [0.3, 0.4) is 0 Å². The molecule has 0 saturated heterocycles. The van der Waals surface area contributed by atoms with E-state index in [4.69, 9.17) is 0 Å². The number of hydrogen-bond donors (Lipinski definition) is 0. The normalized spacial score (nSPS) is 33.1. The van der Waals surface area contributed by atoms with Gasteiger partial charge in [0.2, 0.25) is 0 Å². The lowest BCUT2D eigenvalue weighted by Crippen LogP contribution is -2.59. The van der Waals surface area contributed by atoms with Crippen molar-refractivity contribution in [1.29, 1.82) is 0 Å². The molecule has 0 aromatic heterocycles. The molecule has 0 spiro atoms. The Morgan fingerprint density at radius 2 is 0.906 bits per heavy atom. The van der Waals surface area contributed by atoms with Crippen LogP contribution in [0.15, 0.2) is 47.6 Å². The Hall–Kier alpha value is -1.18. The van der Waals surface area contributed by atoms with Crippen LogP contribution in [-0.2, 0) is 0 Å². The Kier molecular flexibility index (Phi) is 6.72. The summed E-state index contributed by atoms with van der Waals surface area (Å²) in [5, 5.41) is 0. The molecule has 0 radical (unpaired) electrons. The summed E-state index contributed by atoms with van der Waals surface area (Å²) in [6, 6.07) is 0. The number of halogens is 2. The van der Waals surface area contributed by atoms with E-state index < -0.39 is 34.0 Å². The molecule has 0 bridgehead atoms. The zero-order valence-corrected chi connectivity index (χ0v) is 23.0. The Bertz CT molecular complexity index is 756. The van der Waals surface area contributed by atoms with Crippen LogP contribution in [-0.4, -0.2) is 12.3 Å². The first-order valence-corrected chi connectivity index (χ1v) is 12.2. The van der Waals surface area contributed by atoms with Crippen molar-refractivity contribution in [2.45, 2.75) is 102 Å². The third-order valence-corrected chi connectivity index (χ3v) is 8.35. The minimum atomic E-state index is -1.19. The summed E-state index contributed by atoms with van der Waals surface area (Å²) in [6.07, 6.45) is 9.29.